The lowest BCUT2D eigenvalue weighted by atomic mass is 10.3. The van der Waals surface area contributed by atoms with Crippen molar-refractivity contribution in [3.8, 4) is 0 Å². The van der Waals surface area contributed by atoms with Crippen LogP contribution in [0.15, 0.2) is 27.6 Å². The van der Waals surface area contributed by atoms with Crippen molar-refractivity contribution in [2.45, 2.75) is 16.3 Å². The fourth-order valence-corrected chi connectivity index (χ4v) is 6.27. The third-order valence-corrected chi connectivity index (χ3v) is 7.17. The first kappa shape index (κ1) is 16.2. The van der Waals surface area contributed by atoms with Gasteiger partial charge in [-0.05, 0) is 18.2 Å². The number of benzene rings is 1. The summed E-state index contributed by atoms with van der Waals surface area (Å²) in [4.78, 5) is -0.547. The molecule has 10 heteroatoms. The molecule has 0 spiro atoms. The summed E-state index contributed by atoms with van der Waals surface area (Å²) in [6.45, 7) is 0. The summed E-state index contributed by atoms with van der Waals surface area (Å²) in [6.07, 6.45) is 0. The van der Waals surface area contributed by atoms with Crippen molar-refractivity contribution in [2.24, 2.45) is 0 Å². The third kappa shape index (κ3) is 3.51. The van der Waals surface area contributed by atoms with Gasteiger partial charge >= 0.3 is 0 Å². The van der Waals surface area contributed by atoms with Crippen molar-refractivity contribution in [3.63, 3.8) is 0 Å². The molecule has 1 aromatic carbocycles. The van der Waals surface area contributed by atoms with Gasteiger partial charge in [0.25, 0.3) is 0 Å². The Bertz CT molecular complexity index is 738. The highest BCUT2D eigenvalue weighted by molar-refractivity contribution is 9.10. The van der Waals surface area contributed by atoms with Crippen molar-refractivity contribution in [2.75, 3.05) is 11.5 Å². The van der Waals surface area contributed by atoms with Gasteiger partial charge in [0.1, 0.15) is 10.7 Å². The van der Waals surface area contributed by atoms with Crippen LogP contribution in [0.5, 0.6) is 0 Å². The summed E-state index contributed by atoms with van der Waals surface area (Å²) in [5.41, 5.74) is 0. The largest absolute Gasteiger partial charge is 0.243 e. The van der Waals surface area contributed by atoms with Gasteiger partial charge in [-0.2, -0.15) is 0 Å². The summed E-state index contributed by atoms with van der Waals surface area (Å²) in [5.74, 6) is -1.62. The Balaban J connectivity index is 2.28. The first-order valence-electron chi connectivity index (χ1n) is 5.42. The Labute approximate surface area is 129 Å². The van der Waals surface area contributed by atoms with E-state index in [1.54, 1.807) is 0 Å². The van der Waals surface area contributed by atoms with Crippen LogP contribution >= 0.6 is 27.5 Å². The maximum atomic E-state index is 13.7. The molecule has 1 saturated heterocycles. The smallest absolute Gasteiger partial charge is 0.229 e. The Morgan fingerprint density at radius 3 is 2.50 bits per heavy atom. The van der Waals surface area contributed by atoms with Crippen LogP contribution in [0.3, 0.4) is 0 Å². The van der Waals surface area contributed by atoms with Crippen LogP contribution in [-0.2, 0) is 19.9 Å². The quantitative estimate of drug-likeness (QED) is 0.767. The van der Waals surface area contributed by atoms with Crippen LogP contribution in [0.2, 0.25) is 0 Å². The number of sulfone groups is 1. The second kappa shape index (κ2) is 5.53. The number of halogens is 3. The number of alkyl halides is 1. The van der Waals surface area contributed by atoms with Crippen molar-refractivity contribution in [1.29, 1.82) is 0 Å². The highest BCUT2D eigenvalue weighted by atomic mass is 79.9. The molecule has 1 aliphatic heterocycles. The molecule has 1 aromatic rings. The second-order valence-corrected chi connectivity index (χ2v) is 9.71. The zero-order valence-corrected chi connectivity index (χ0v) is 13.9. The van der Waals surface area contributed by atoms with E-state index >= 15 is 0 Å². The van der Waals surface area contributed by atoms with E-state index in [2.05, 4.69) is 20.7 Å². The number of sulfonamides is 1. The molecular formula is C10H10BrClFNO4S2. The van der Waals surface area contributed by atoms with E-state index < -0.39 is 47.7 Å². The Hall–Kier alpha value is -0.220. The second-order valence-electron chi connectivity index (χ2n) is 4.40. The van der Waals surface area contributed by atoms with E-state index in [1.807, 2.05) is 0 Å². The molecule has 0 radical (unpaired) electrons. The molecule has 2 atom stereocenters. The molecule has 5 nitrogen and oxygen atoms in total. The third-order valence-electron chi connectivity index (χ3n) is 2.77. The molecular weight excluding hydrogens is 397 g/mol. The van der Waals surface area contributed by atoms with E-state index in [1.165, 1.54) is 6.07 Å². The van der Waals surface area contributed by atoms with Crippen molar-refractivity contribution < 1.29 is 21.2 Å². The van der Waals surface area contributed by atoms with E-state index in [0.717, 1.165) is 12.1 Å². The van der Waals surface area contributed by atoms with Crippen LogP contribution in [0, 0.1) is 5.82 Å². The summed E-state index contributed by atoms with van der Waals surface area (Å²) in [7, 11) is -7.55. The highest BCUT2D eigenvalue weighted by Crippen LogP contribution is 2.23. The monoisotopic (exact) mass is 405 g/mol. The lowest BCUT2D eigenvalue weighted by molar-refractivity contribution is 0.544. The maximum Gasteiger partial charge on any atom is 0.243 e. The highest BCUT2D eigenvalue weighted by Gasteiger charge is 2.39. The maximum absolute atomic E-state index is 13.7. The molecule has 20 heavy (non-hydrogen) atoms. The molecule has 1 heterocycles. The molecule has 0 aromatic heterocycles. The average Bonchev–Trinajstić information content (AvgIpc) is 2.50. The van der Waals surface area contributed by atoms with E-state index in [-0.39, 0.29) is 5.75 Å². The van der Waals surface area contributed by atoms with Gasteiger partial charge in [-0.3, -0.25) is 0 Å². The van der Waals surface area contributed by atoms with Gasteiger partial charge < -0.3 is 0 Å². The van der Waals surface area contributed by atoms with E-state index in [9.17, 15) is 21.2 Å². The van der Waals surface area contributed by atoms with Crippen LogP contribution in [0.1, 0.15) is 0 Å². The summed E-state index contributed by atoms with van der Waals surface area (Å²) < 4.78 is 63.1. The predicted octanol–water partition coefficient (Wildman–Crippen LogP) is 1.27. The molecule has 1 fully saturated rings. The minimum absolute atomic E-state index is 0.301. The van der Waals surface area contributed by atoms with Gasteiger partial charge in [0.2, 0.25) is 10.0 Å². The van der Waals surface area contributed by atoms with Gasteiger partial charge in [-0.1, -0.05) is 15.9 Å². The van der Waals surface area contributed by atoms with E-state index in [4.69, 9.17) is 11.6 Å². The van der Waals surface area contributed by atoms with Gasteiger partial charge in [0.15, 0.2) is 9.84 Å². The van der Waals surface area contributed by atoms with Crippen LogP contribution in [0.4, 0.5) is 4.39 Å². The number of rotatable bonds is 3. The minimum atomic E-state index is -4.17. The zero-order chi connectivity index (χ0) is 15.1. The van der Waals surface area contributed by atoms with Crippen molar-refractivity contribution >= 4 is 47.4 Å². The van der Waals surface area contributed by atoms with Gasteiger partial charge in [0, 0.05) is 4.47 Å². The van der Waals surface area contributed by atoms with Crippen molar-refractivity contribution in [3.05, 3.63) is 28.5 Å². The first-order valence-corrected chi connectivity index (χ1v) is 9.96. The van der Waals surface area contributed by atoms with E-state index in [0.29, 0.717) is 4.47 Å². The molecule has 2 unspecified atom stereocenters. The zero-order valence-electron chi connectivity index (χ0n) is 9.88. The molecule has 0 saturated carbocycles. The van der Waals surface area contributed by atoms with Crippen LogP contribution < -0.4 is 4.72 Å². The average molecular weight is 407 g/mol. The van der Waals surface area contributed by atoms with Crippen molar-refractivity contribution in [1.82, 2.24) is 4.72 Å². The van der Waals surface area contributed by atoms with Crippen LogP contribution in [-0.4, -0.2) is 39.8 Å². The summed E-state index contributed by atoms with van der Waals surface area (Å²) >= 11 is 8.83. The standard InChI is InChI=1S/C10H10BrClFNO4S2/c11-6-1-2-10(8(13)3-6)20(17,18)14-9-5-19(15,16)4-7(9)12/h1-3,7,9,14H,4-5H2. The SMILES string of the molecule is O=S1(=O)CC(Cl)C(NS(=O)(=O)c2ccc(Br)cc2F)C1. The first-order chi connectivity index (χ1) is 9.11. The van der Waals surface area contributed by atoms with Gasteiger partial charge in [0.05, 0.1) is 22.9 Å². The fourth-order valence-electron chi connectivity index (χ4n) is 1.87. The lowest BCUT2D eigenvalue weighted by Crippen LogP contribution is -2.40. The molecule has 1 N–H and O–H groups in total. The molecule has 112 valence electrons. The van der Waals surface area contributed by atoms with Gasteiger partial charge in [-0.15, -0.1) is 11.6 Å². The van der Waals surface area contributed by atoms with Crippen LogP contribution in [0.25, 0.3) is 0 Å². The summed E-state index contributed by atoms with van der Waals surface area (Å²) in [5, 5.41) is -0.867. The molecule has 2 rings (SSSR count). The number of hydrogen-bond acceptors (Lipinski definition) is 4. The summed E-state index contributed by atoms with van der Waals surface area (Å²) in [6, 6.07) is 2.52. The Morgan fingerprint density at radius 2 is 2.00 bits per heavy atom. The molecule has 0 amide bonds. The Morgan fingerprint density at radius 1 is 1.35 bits per heavy atom. The minimum Gasteiger partial charge on any atom is -0.229 e. The molecule has 1 aliphatic rings. The lowest BCUT2D eigenvalue weighted by Gasteiger charge is -2.15. The predicted molar refractivity (Wildman–Crippen MR) is 76.5 cm³/mol. The number of nitrogens with one attached hydrogen (secondary N) is 1. The number of hydrogen-bond donors (Lipinski definition) is 1. The Kier molecular flexibility index (Phi) is 4.46. The normalized spacial score (nSPS) is 25.8. The molecule has 0 aliphatic carbocycles. The fraction of sp³-hybridized carbons (Fsp3) is 0.400. The molecule has 0 bridgehead atoms. The topological polar surface area (TPSA) is 80.3 Å². The van der Waals surface area contributed by atoms with Gasteiger partial charge in [-0.25, -0.2) is 25.9 Å².